The number of hydrogen-bond donors (Lipinski definition) is 1. The molecule has 2 aromatic carbocycles. The van der Waals surface area contributed by atoms with Gasteiger partial charge in [-0.1, -0.05) is 55.4 Å². The monoisotopic (exact) mass is 506 g/mol. The number of ether oxygens (including phenoxy) is 2. The molecule has 0 fully saturated rings. The van der Waals surface area contributed by atoms with Gasteiger partial charge in [0.05, 0.1) is 6.61 Å². The number of nitrogens with zero attached hydrogens (tertiary/aromatic N) is 3. The van der Waals surface area contributed by atoms with Crippen molar-refractivity contribution in [3.8, 4) is 11.5 Å². The molecule has 1 aliphatic heterocycles. The minimum absolute atomic E-state index is 0.0100. The molecule has 2 heterocycles. The molecule has 0 bridgehead atoms. The van der Waals surface area contributed by atoms with Crippen molar-refractivity contribution < 1.29 is 14.3 Å². The van der Waals surface area contributed by atoms with E-state index in [2.05, 4.69) is 31.3 Å². The fourth-order valence-corrected chi connectivity index (χ4v) is 5.19. The van der Waals surface area contributed by atoms with Crippen LogP contribution >= 0.6 is 11.8 Å². The molecule has 190 valence electrons. The van der Waals surface area contributed by atoms with E-state index < -0.39 is 6.04 Å². The highest BCUT2D eigenvalue weighted by Crippen LogP contribution is 2.40. The van der Waals surface area contributed by atoms with Crippen LogP contribution in [0.1, 0.15) is 63.3 Å². The first-order chi connectivity index (χ1) is 17.4. The first-order valence-electron chi connectivity index (χ1n) is 12.4. The molecule has 1 unspecified atom stereocenters. The Labute approximate surface area is 217 Å². The van der Waals surface area contributed by atoms with Crippen LogP contribution < -0.4 is 14.8 Å². The van der Waals surface area contributed by atoms with Crippen LogP contribution in [0.4, 0.5) is 5.95 Å². The second-order valence-electron chi connectivity index (χ2n) is 8.84. The second-order valence-corrected chi connectivity index (χ2v) is 9.90. The van der Waals surface area contributed by atoms with E-state index in [1.165, 1.54) is 5.56 Å². The van der Waals surface area contributed by atoms with Gasteiger partial charge in [0.1, 0.15) is 12.6 Å². The van der Waals surface area contributed by atoms with Crippen molar-refractivity contribution in [1.82, 2.24) is 14.8 Å². The summed E-state index contributed by atoms with van der Waals surface area (Å²) in [6.07, 6.45) is 2.22. The summed E-state index contributed by atoms with van der Waals surface area (Å²) in [7, 11) is 0. The first-order valence-corrected chi connectivity index (χ1v) is 13.4. The quantitative estimate of drug-likeness (QED) is 0.240. The van der Waals surface area contributed by atoms with Crippen LogP contribution in [0.5, 0.6) is 11.5 Å². The predicted octanol–water partition coefficient (Wildman–Crippen LogP) is 6.33. The average Bonchev–Trinajstić information content (AvgIpc) is 3.25. The van der Waals surface area contributed by atoms with Gasteiger partial charge >= 0.3 is 0 Å². The van der Waals surface area contributed by atoms with Gasteiger partial charge in [-0.15, -0.1) is 5.10 Å². The van der Waals surface area contributed by atoms with Crippen molar-refractivity contribution >= 4 is 23.5 Å². The zero-order chi connectivity index (χ0) is 25.7. The summed E-state index contributed by atoms with van der Waals surface area (Å²) in [5, 5.41) is 8.76. The summed E-state index contributed by atoms with van der Waals surface area (Å²) in [6, 6.07) is 13.6. The molecule has 3 aromatic rings. The van der Waals surface area contributed by atoms with E-state index in [9.17, 15) is 4.79 Å². The minimum atomic E-state index is -0.406. The Hall–Kier alpha value is -3.26. The normalized spacial score (nSPS) is 14.9. The summed E-state index contributed by atoms with van der Waals surface area (Å²) in [4.78, 5) is 17.5. The van der Waals surface area contributed by atoms with Gasteiger partial charge in [0, 0.05) is 17.0 Å². The summed E-state index contributed by atoms with van der Waals surface area (Å²) in [5.74, 6) is 2.89. The molecule has 0 saturated heterocycles. The van der Waals surface area contributed by atoms with E-state index >= 15 is 0 Å². The second kappa shape index (κ2) is 11.6. The molecule has 1 N–H and O–H groups in total. The SMILES string of the molecule is CCCCSc1nc2n(n1)C(c1ccc(OCc3ccccc3C)c(OCC)c1)C(C(C)=O)=C(C)N2. The van der Waals surface area contributed by atoms with E-state index in [0.29, 0.717) is 41.4 Å². The number of unbranched alkanes of at least 4 members (excludes halogenated alkanes) is 1. The van der Waals surface area contributed by atoms with Crippen LogP contribution in [0.3, 0.4) is 0 Å². The van der Waals surface area contributed by atoms with Gasteiger partial charge in [-0.2, -0.15) is 4.98 Å². The molecule has 0 amide bonds. The van der Waals surface area contributed by atoms with Crippen LogP contribution in [0.25, 0.3) is 0 Å². The number of carbonyl (C=O) groups excluding carboxylic acids is 1. The van der Waals surface area contributed by atoms with E-state index in [-0.39, 0.29) is 5.78 Å². The fourth-order valence-electron chi connectivity index (χ4n) is 4.27. The lowest BCUT2D eigenvalue weighted by molar-refractivity contribution is -0.114. The number of aromatic nitrogens is 3. The standard InChI is InChI=1S/C28H34N4O3S/c1-6-8-15-36-28-30-27-29-19(4)25(20(5)33)26(32(27)31-28)21-13-14-23(24(16-21)34-7-2)35-17-22-12-10-9-11-18(22)3/h9-14,16,26H,6-8,15,17H2,1-5H3,(H,29,30,31). The average molecular weight is 507 g/mol. The Balaban J connectivity index is 1.69. The van der Waals surface area contributed by atoms with Gasteiger partial charge in [0.25, 0.3) is 0 Å². The maximum Gasteiger partial charge on any atom is 0.227 e. The number of aryl methyl sites for hydroxylation is 1. The van der Waals surface area contributed by atoms with Crippen molar-refractivity contribution in [1.29, 1.82) is 0 Å². The number of thioether (sulfide) groups is 1. The Morgan fingerprint density at radius 2 is 1.92 bits per heavy atom. The molecular formula is C28H34N4O3S. The maximum atomic E-state index is 12.8. The summed E-state index contributed by atoms with van der Waals surface area (Å²) in [6.45, 7) is 10.6. The Morgan fingerprint density at radius 1 is 1.11 bits per heavy atom. The number of ketones is 1. The molecule has 8 heteroatoms. The fraction of sp³-hybridized carbons (Fsp3) is 0.393. The van der Waals surface area contributed by atoms with E-state index in [4.69, 9.17) is 19.6 Å². The molecular weight excluding hydrogens is 472 g/mol. The van der Waals surface area contributed by atoms with Gasteiger partial charge in [-0.05, 0) is 62.9 Å². The van der Waals surface area contributed by atoms with Crippen molar-refractivity contribution in [3.63, 3.8) is 0 Å². The highest BCUT2D eigenvalue weighted by molar-refractivity contribution is 7.99. The number of hydrogen-bond acceptors (Lipinski definition) is 7. The highest BCUT2D eigenvalue weighted by atomic mass is 32.2. The van der Waals surface area contributed by atoms with E-state index in [1.54, 1.807) is 18.7 Å². The lowest BCUT2D eigenvalue weighted by Crippen LogP contribution is -2.27. The number of benzene rings is 2. The third kappa shape index (κ3) is 5.59. The lowest BCUT2D eigenvalue weighted by Gasteiger charge is -2.28. The van der Waals surface area contributed by atoms with Crippen molar-refractivity contribution in [2.24, 2.45) is 0 Å². The molecule has 1 atom stereocenters. The summed E-state index contributed by atoms with van der Waals surface area (Å²) >= 11 is 1.63. The zero-order valence-corrected chi connectivity index (χ0v) is 22.4. The van der Waals surface area contributed by atoms with Crippen LogP contribution in [-0.2, 0) is 11.4 Å². The number of carbonyl (C=O) groups is 1. The van der Waals surface area contributed by atoms with Crippen molar-refractivity contribution in [3.05, 3.63) is 70.4 Å². The number of Topliss-reactive ketones (excluding diaryl/α,β-unsaturated/α-hetero) is 1. The van der Waals surface area contributed by atoms with Crippen LogP contribution in [0, 0.1) is 6.92 Å². The number of fused-ring (bicyclic) bond motifs is 1. The lowest BCUT2D eigenvalue weighted by atomic mass is 9.93. The smallest absolute Gasteiger partial charge is 0.227 e. The molecule has 0 radical (unpaired) electrons. The highest BCUT2D eigenvalue weighted by Gasteiger charge is 2.33. The first kappa shape index (κ1) is 25.8. The van der Waals surface area contributed by atoms with Gasteiger partial charge in [-0.25, -0.2) is 4.68 Å². The number of anilines is 1. The van der Waals surface area contributed by atoms with Gasteiger partial charge in [0.2, 0.25) is 11.1 Å². The van der Waals surface area contributed by atoms with Gasteiger partial charge in [0.15, 0.2) is 17.3 Å². The minimum Gasteiger partial charge on any atom is -0.490 e. The summed E-state index contributed by atoms with van der Waals surface area (Å²) < 4.78 is 14.0. The molecule has 1 aliphatic rings. The number of allylic oxidation sites excluding steroid dienone is 2. The van der Waals surface area contributed by atoms with Gasteiger partial charge < -0.3 is 14.8 Å². The molecule has 7 nitrogen and oxygen atoms in total. The maximum absolute atomic E-state index is 12.8. The van der Waals surface area contributed by atoms with Crippen LogP contribution in [-0.4, -0.2) is 32.9 Å². The Kier molecular flexibility index (Phi) is 8.36. The predicted molar refractivity (Wildman–Crippen MR) is 144 cm³/mol. The Morgan fingerprint density at radius 3 is 2.64 bits per heavy atom. The molecule has 0 aliphatic carbocycles. The molecule has 4 rings (SSSR count). The third-order valence-electron chi connectivity index (χ3n) is 6.17. The molecule has 1 aromatic heterocycles. The topological polar surface area (TPSA) is 78.3 Å². The van der Waals surface area contributed by atoms with E-state index in [0.717, 1.165) is 35.4 Å². The summed E-state index contributed by atoms with van der Waals surface area (Å²) in [5.41, 5.74) is 4.65. The van der Waals surface area contributed by atoms with Crippen LogP contribution in [0.2, 0.25) is 0 Å². The third-order valence-corrected chi connectivity index (χ3v) is 7.09. The molecule has 0 spiro atoms. The number of nitrogens with one attached hydrogen (secondary N) is 1. The van der Waals surface area contributed by atoms with E-state index in [1.807, 2.05) is 48.9 Å². The van der Waals surface area contributed by atoms with Gasteiger partial charge in [-0.3, -0.25) is 4.79 Å². The number of rotatable bonds is 11. The zero-order valence-electron chi connectivity index (χ0n) is 21.6. The van der Waals surface area contributed by atoms with Crippen molar-refractivity contribution in [2.45, 2.75) is 65.3 Å². The largest absolute Gasteiger partial charge is 0.490 e. The van der Waals surface area contributed by atoms with Crippen LogP contribution in [0.15, 0.2) is 58.9 Å². The van der Waals surface area contributed by atoms with Crippen molar-refractivity contribution in [2.75, 3.05) is 17.7 Å². The molecule has 0 saturated carbocycles. The Bertz CT molecular complexity index is 1270. The molecule has 36 heavy (non-hydrogen) atoms.